The number of hydrogen-bond donors (Lipinski definition) is 0. The standard InChI is InChI=1S/C16H24BrN/c1-2-14-7-6-10-18(12-14)13-16(11-17)15-8-4-3-5-9-15/h3-5,8-9,14,16H,2,6-7,10-13H2,1H3. The summed E-state index contributed by atoms with van der Waals surface area (Å²) in [4.78, 5) is 2.66. The second kappa shape index (κ2) is 7.30. The van der Waals surface area contributed by atoms with E-state index in [-0.39, 0.29) is 0 Å². The molecule has 0 aliphatic carbocycles. The van der Waals surface area contributed by atoms with Crippen molar-refractivity contribution in [1.82, 2.24) is 4.90 Å². The van der Waals surface area contributed by atoms with E-state index in [1.807, 2.05) is 0 Å². The summed E-state index contributed by atoms with van der Waals surface area (Å²) >= 11 is 3.68. The number of nitrogens with zero attached hydrogens (tertiary/aromatic N) is 1. The second-order valence-electron chi connectivity index (χ2n) is 5.44. The van der Waals surface area contributed by atoms with Crippen LogP contribution in [0.1, 0.15) is 37.7 Å². The highest BCUT2D eigenvalue weighted by atomic mass is 79.9. The predicted molar refractivity (Wildman–Crippen MR) is 82.4 cm³/mol. The lowest BCUT2D eigenvalue weighted by Crippen LogP contribution is -2.38. The van der Waals surface area contributed by atoms with Crippen LogP contribution in [0.25, 0.3) is 0 Å². The minimum absolute atomic E-state index is 0.627. The van der Waals surface area contributed by atoms with Crippen LogP contribution in [0.2, 0.25) is 0 Å². The Labute approximate surface area is 120 Å². The third kappa shape index (κ3) is 3.83. The molecule has 2 unspecified atom stereocenters. The summed E-state index contributed by atoms with van der Waals surface area (Å²) in [6, 6.07) is 10.9. The minimum Gasteiger partial charge on any atom is -0.302 e. The van der Waals surface area contributed by atoms with E-state index in [9.17, 15) is 0 Å². The van der Waals surface area contributed by atoms with Crippen molar-refractivity contribution in [3.05, 3.63) is 35.9 Å². The maximum absolute atomic E-state index is 3.68. The second-order valence-corrected chi connectivity index (χ2v) is 6.09. The Balaban J connectivity index is 1.94. The van der Waals surface area contributed by atoms with Crippen molar-refractivity contribution in [3.63, 3.8) is 0 Å². The first-order valence-corrected chi connectivity index (χ1v) is 8.29. The van der Waals surface area contributed by atoms with Crippen LogP contribution in [0.3, 0.4) is 0 Å². The van der Waals surface area contributed by atoms with Gasteiger partial charge in [0.05, 0.1) is 0 Å². The molecule has 1 aromatic rings. The van der Waals surface area contributed by atoms with Crippen LogP contribution in [0.5, 0.6) is 0 Å². The van der Waals surface area contributed by atoms with Crippen LogP contribution in [0.4, 0.5) is 0 Å². The van der Waals surface area contributed by atoms with Gasteiger partial charge in [-0.2, -0.15) is 0 Å². The monoisotopic (exact) mass is 309 g/mol. The van der Waals surface area contributed by atoms with Gasteiger partial charge in [-0.15, -0.1) is 0 Å². The summed E-state index contributed by atoms with van der Waals surface area (Å²) in [5.74, 6) is 1.55. The van der Waals surface area contributed by atoms with Gasteiger partial charge in [-0.25, -0.2) is 0 Å². The van der Waals surface area contributed by atoms with Gasteiger partial charge in [-0.3, -0.25) is 0 Å². The molecule has 2 rings (SSSR count). The van der Waals surface area contributed by atoms with Gasteiger partial charge in [0.1, 0.15) is 0 Å². The largest absolute Gasteiger partial charge is 0.302 e. The number of hydrogen-bond acceptors (Lipinski definition) is 1. The lowest BCUT2D eigenvalue weighted by molar-refractivity contribution is 0.166. The predicted octanol–water partition coefficient (Wildman–Crippen LogP) is 4.29. The zero-order valence-electron chi connectivity index (χ0n) is 11.3. The molecule has 0 spiro atoms. The molecule has 1 nitrogen and oxygen atoms in total. The first-order valence-electron chi connectivity index (χ1n) is 7.16. The Kier molecular flexibility index (Phi) is 5.71. The molecular weight excluding hydrogens is 286 g/mol. The van der Waals surface area contributed by atoms with Gasteiger partial charge in [0, 0.05) is 24.3 Å². The van der Waals surface area contributed by atoms with Crippen molar-refractivity contribution in [2.75, 3.05) is 25.0 Å². The molecule has 0 bridgehead atoms. The number of piperidine rings is 1. The highest BCUT2D eigenvalue weighted by molar-refractivity contribution is 9.09. The number of likely N-dealkylation sites (tertiary alicyclic amines) is 1. The average molecular weight is 310 g/mol. The van der Waals surface area contributed by atoms with E-state index >= 15 is 0 Å². The Morgan fingerprint density at radius 2 is 2.11 bits per heavy atom. The number of halogens is 1. The van der Waals surface area contributed by atoms with Crippen molar-refractivity contribution in [1.29, 1.82) is 0 Å². The fourth-order valence-corrected chi connectivity index (χ4v) is 3.51. The van der Waals surface area contributed by atoms with E-state index in [2.05, 4.69) is 58.1 Å². The normalized spacial score (nSPS) is 22.9. The van der Waals surface area contributed by atoms with E-state index in [0.29, 0.717) is 5.92 Å². The molecule has 2 heteroatoms. The zero-order valence-corrected chi connectivity index (χ0v) is 12.9. The lowest BCUT2D eigenvalue weighted by Gasteiger charge is -2.34. The van der Waals surface area contributed by atoms with Crippen LogP contribution in [-0.2, 0) is 0 Å². The summed E-state index contributed by atoms with van der Waals surface area (Å²) in [6.07, 6.45) is 4.14. The molecule has 1 aliphatic heterocycles. The number of rotatable bonds is 5. The van der Waals surface area contributed by atoms with E-state index in [1.165, 1.54) is 44.5 Å². The Morgan fingerprint density at radius 3 is 2.78 bits per heavy atom. The van der Waals surface area contributed by atoms with Crippen molar-refractivity contribution < 1.29 is 0 Å². The van der Waals surface area contributed by atoms with Gasteiger partial charge in [0.25, 0.3) is 0 Å². The first-order chi connectivity index (χ1) is 8.83. The maximum atomic E-state index is 3.68. The summed E-state index contributed by atoms with van der Waals surface area (Å²) in [6.45, 7) is 6.11. The molecule has 1 aromatic carbocycles. The molecule has 0 saturated carbocycles. The summed E-state index contributed by atoms with van der Waals surface area (Å²) in [5.41, 5.74) is 1.47. The average Bonchev–Trinajstić information content (AvgIpc) is 2.46. The van der Waals surface area contributed by atoms with Gasteiger partial charge in [0.2, 0.25) is 0 Å². The highest BCUT2D eigenvalue weighted by Crippen LogP contribution is 2.24. The molecule has 0 N–H and O–H groups in total. The molecule has 1 saturated heterocycles. The van der Waals surface area contributed by atoms with Gasteiger partial charge in [0.15, 0.2) is 0 Å². The fraction of sp³-hybridized carbons (Fsp3) is 0.625. The third-order valence-corrected chi connectivity index (χ3v) is 4.90. The number of benzene rings is 1. The van der Waals surface area contributed by atoms with Gasteiger partial charge in [-0.1, -0.05) is 59.6 Å². The zero-order chi connectivity index (χ0) is 12.8. The van der Waals surface area contributed by atoms with Gasteiger partial charge < -0.3 is 4.90 Å². The van der Waals surface area contributed by atoms with Crippen LogP contribution in [0, 0.1) is 5.92 Å². The Hall–Kier alpha value is -0.340. The molecule has 1 fully saturated rings. The van der Waals surface area contributed by atoms with Crippen LogP contribution in [0.15, 0.2) is 30.3 Å². The molecule has 0 aromatic heterocycles. The van der Waals surface area contributed by atoms with Crippen molar-refractivity contribution in [2.45, 2.75) is 32.1 Å². The highest BCUT2D eigenvalue weighted by Gasteiger charge is 2.21. The topological polar surface area (TPSA) is 3.24 Å². The number of alkyl halides is 1. The molecule has 1 heterocycles. The van der Waals surface area contributed by atoms with E-state index in [0.717, 1.165) is 11.2 Å². The molecule has 18 heavy (non-hydrogen) atoms. The quantitative estimate of drug-likeness (QED) is 0.734. The van der Waals surface area contributed by atoms with E-state index in [1.54, 1.807) is 0 Å². The molecule has 0 radical (unpaired) electrons. The minimum atomic E-state index is 0.627. The first kappa shape index (κ1) is 14.1. The Morgan fingerprint density at radius 1 is 1.33 bits per heavy atom. The Bertz CT molecular complexity index is 338. The van der Waals surface area contributed by atoms with Gasteiger partial charge in [-0.05, 0) is 30.9 Å². The van der Waals surface area contributed by atoms with Crippen LogP contribution < -0.4 is 0 Å². The summed E-state index contributed by atoms with van der Waals surface area (Å²) < 4.78 is 0. The van der Waals surface area contributed by atoms with Crippen molar-refractivity contribution in [2.24, 2.45) is 5.92 Å². The SMILES string of the molecule is CCC1CCCN(CC(CBr)c2ccccc2)C1. The van der Waals surface area contributed by atoms with Crippen molar-refractivity contribution in [3.8, 4) is 0 Å². The molecular formula is C16H24BrN. The summed E-state index contributed by atoms with van der Waals surface area (Å²) in [7, 11) is 0. The molecule has 1 aliphatic rings. The lowest BCUT2D eigenvalue weighted by atomic mass is 9.93. The van der Waals surface area contributed by atoms with E-state index < -0.39 is 0 Å². The maximum Gasteiger partial charge on any atom is 0.0112 e. The van der Waals surface area contributed by atoms with Gasteiger partial charge >= 0.3 is 0 Å². The fourth-order valence-electron chi connectivity index (χ4n) is 2.93. The van der Waals surface area contributed by atoms with Crippen molar-refractivity contribution >= 4 is 15.9 Å². The van der Waals surface area contributed by atoms with Crippen LogP contribution >= 0.6 is 15.9 Å². The van der Waals surface area contributed by atoms with Crippen LogP contribution in [-0.4, -0.2) is 29.9 Å². The molecule has 2 atom stereocenters. The summed E-state index contributed by atoms with van der Waals surface area (Å²) in [5, 5.41) is 1.06. The third-order valence-electron chi connectivity index (χ3n) is 4.12. The molecule has 0 amide bonds. The smallest absolute Gasteiger partial charge is 0.0112 e. The van der Waals surface area contributed by atoms with E-state index in [4.69, 9.17) is 0 Å². The molecule has 100 valence electrons.